The maximum atomic E-state index is 12.5. The third-order valence-corrected chi connectivity index (χ3v) is 6.01. The third kappa shape index (κ3) is 3.57. The van der Waals surface area contributed by atoms with Crippen LogP contribution in [0.25, 0.3) is 10.2 Å². The van der Waals surface area contributed by atoms with Gasteiger partial charge in [0.2, 0.25) is 0 Å². The summed E-state index contributed by atoms with van der Waals surface area (Å²) in [5.41, 5.74) is 2.45. The van der Waals surface area contributed by atoms with Crippen LogP contribution in [0.3, 0.4) is 0 Å². The summed E-state index contributed by atoms with van der Waals surface area (Å²) in [5, 5.41) is 0. The van der Waals surface area contributed by atoms with Crippen molar-refractivity contribution >= 4 is 37.3 Å². The Balaban J connectivity index is 2.12. The molecule has 0 aliphatic carbocycles. The van der Waals surface area contributed by atoms with E-state index in [1.54, 1.807) is 12.1 Å². The molecular formula is C18H18N2O3S2. The minimum absolute atomic E-state index is 0.115. The predicted molar refractivity (Wildman–Crippen MR) is 99.7 cm³/mol. The summed E-state index contributed by atoms with van der Waals surface area (Å²) in [6.07, 6.45) is 1.12. The van der Waals surface area contributed by atoms with Crippen LogP contribution in [0.1, 0.15) is 22.8 Å². The molecule has 130 valence electrons. The van der Waals surface area contributed by atoms with Crippen LogP contribution in [0.15, 0.2) is 52.4 Å². The molecule has 0 saturated carbocycles. The number of amides is 1. The molecule has 5 nitrogen and oxygen atoms in total. The van der Waals surface area contributed by atoms with Crippen molar-refractivity contribution in [3.05, 3.63) is 58.4 Å². The highest BCUT2D eigenvalue weighted by Crippen LogP contribution is 2.19. The van der Waals surface area contributed by atoms with Crippen LogP contribution in [0.2, 0.25) is 0 Å². The van der Waals surface area contributed by atoms with Gasteiger partial charge in [-0.15, -0.1) is 0 Å². The molecule has 1 aromatic heterocycles. The van der Waals surface area contributed by atoms with E-state index >= 15 is 0 Å². The van der Waals surface area contributed by atoms with Crippen LogP contribution < -0.4 is 4.80 Å². The van der Waals surface area contributed by atoms with E-state index in [4.69, 9.17) is 0 Å². The van der Waals surface area contributed by atoms with Crippen molar-refractivity contribution in [2.24, 2.45) is 4.99 Å². The Morgan fingerprint density at radius 3 is 2.64 bits per heavy atom. The molecule has 3 aromatic rings. The molecule has 7 heteroatoms. The van der Waals surface area contributed by atoms with Gasteiger partial charge >= 0.3 is 0 Å². The van der Waals surface area contributed by atoms with Gasteiger partial charge in [0.25, 0.3) is 5.91 Å². The maximum Gasteiger partial charge on any atom is 0.279 e. The van der Waals surface area contributed by atoms with Gasteiger partial charge in [-0.25, -0.2) is 8.42 Å². The van der Waals surface area contributed by atoms with Crippen LogP contribution >= 0.6 is 11.3 Å². The van der Waals surface area contributed by atoms with Gasteiger partial charge in [0.1, 0.15) is 0 Å². The molecule has 0 aliphatic heterocycles. The fraction of sp³-hybridized carbons (Fsp3) is 0.222. The normalized spacial score (nSPS) is 12.7. The summed E-state index contributed by atoms with van der Waals surface area (Å²) in [5.74, 6) is -0.448. The van der Waals surface area contributed by atoms with Crippen LogP contribution in [0.5, 0.6) is 0 Å². The number of hydrogen-bond donors (Lipinski definition) is 0. The smallest absolute Gasteiger partial charge is 0.279 e. The minimum atomic E-state index is -3.37. The second-order valence-electron chi connectivity index (χ2n) is 5.82. The number of carbonyl (C=O) groups excluding carboxylic acids is 1. The number of thiazole rings is 1. The average Bonchev–Trinajstić information content (AvgIpc) is 2.90. The molecule has 0 radical (unpaired) electrons. The maximum absolute atomic E-state index is 12.5. The molecule has 0 atom stereocenters. The lowest BCUT2D eigenvalue weighted by Gasteiger charge is -2.02. The van der Waals surface area contributed by atoms with Crippen molar-refractivity contribution in [2.75, 3.05) is 6.26 Å². The van der Waals surface area contributed by atoms with E-state index in [1.807, 2.05) is 30.5 Å². The molecule has 2 aromatic carbocycles. The van der Waals surface area contributed by atoms with Gasteiger partial charge in [0.05, 0.1) is 15.1 Å². The van der Waals surface area contributed by atoms with Gasteiger partial charge in [-0.3, -0.25) is 4.79 Å². The Morgan fingerprint density at radius 2 is 1.96 bits per heavy atom. The summed E-state index contributed by atoms with van der Waals surface area (Å²) in [6, 6.07) is 12.1. The molecule has 0 aliphatic rings. The fourth-order valence-corrected chi connectivity index (χ4v) is 4.44. The Labute approximate surface area is 150 Å². The van der Waals surface area contributed by atoms with Gasteiger partial charge in [0.15, 0.2) is 14.6 Å². The van der Waals surface area contributed by atoms with Crippen molar-refractivity contribution in [2.45, 2.75) is 25.3 Å². The van der Waals surface area contributed by atoms with Gasteiger partial charge in [-0.1, -0.05) is 23.5 Å². The van der Waals surface area contributed by atoms with Crippen molar-refractivity contribution < 1.29 is 13.2 Å². The van der Waals surface area contributed by atoms with Crippen LogP contribution in [0, 0.1) is 6.92 Å². The molecule has 25 heavy (non-hydrogen) atoms. The first kappa shape index (κ1) is 17.6. The summed E-state index contributed by atoms with van der Waals surface area (Å²) in [6.45, 7) is 4.71. The number of rotatable bonds is 3. The quantitative estimate of drug-likeness (QED) is 0.707. The van der Waals surface area contributed by atoms with Gasteiger partial charge in [-0.05, 0) is 49.7 Å². The highest BCUT2D eigenvalue weighted by atomic mass is 32.2. The number of sulfone groups is 1. The Morgan fingerprint density at radius 1 is 1.20 bits per heavy atom. The first-order valence-corrected chi connectivity index (χ1v) is 10.5. The zero-order valence-electron chi connectivity index (χ0n) is 14.2. The number of hydrogen-bond acceptors (Lipinski definition) is 4. The summed E-state index contributed by atoms with van der Waals surface area (Å²) >= 11 is 1.45. The third-order valence-electron chi connectivity index (χ3n) is 3.86. The number of aryl methyl sites for hydroxylation is 2. The van der Waals surface area contributed by atoms with E-state index in [2.05, 4.69) is 11.1 Å². The largest absolute Gasteiger partial charge is 0.317 e. The first-order chi connectivity index (χ1) is 11.8. The monoisotopic (exact) mass is 374 g/mol. The van der Waals surface area contributed by atoms with Crippen LogP contribution in [-0.4, -0.2) is 25.1 Å². The lowest BCUT2D eigenvalue weighted by Crippen LogP contribution is -2.16. The van der Waals surface area contributed by atoms with E-state index in [0.29, 0.717) is 11.3 Å². The lowest BCUT2D eigenvalue weighted by molar-refractivity contribution is 0.0997. The standard InChI is InChI=1S/C18H18N2O3S2/c1-4-20-15-9-8-12(2)10-16(15)24-18(20)19-17(21)13-6-5-7-14(11-13)25(3,22)23/h5-11H,4H2,1-3H3. The molecule has 0 bridgehead atoms. The van der Waals surface area contributed by atoms with E-state index in [-0.39, 0.29) is 10.5 Å². The Kier molecular flexibility index (Phi) is 4.62. The molecule has 1 amide bonds. The number of carbonyl (C=O) groups is 1. The average molecular weight is 374 g/mol. The zero-order valence-corrected chi connectivity index (χ0v) is 15.8. The van der Waals surface area contributed by atoms with Gasteiger partial charge < -0.3 is 4.57 Å². The van der Waals surface area contributed by atoms with E-state index in [0.717, 1.165) is 22.0 Å². The van der Waals surface area contributed by atoms with Gasteiger partial charge in [-0.2, -0.15) is 4.99 Å². The topological polar surface area (TPSA) is 68.5 Å². The molecule has 0 unspecified atom stereocenters. The van der Waals surface area contributed by atoms with E-state index < -0.39 is 15.7 Å². The summed E-state index contributed by atoms with van der Waals surface area (Å²) < 4.78 is 26.4. The predicted octanol–water partition coefficient (Wildman–Crippen LogP) is 3.18. The Hall–Kier alpha value is -2.25. The van der Waals surface area contributed by atoms with E-state index in [9.17, 15) is 13.2 Å². The number of nitrogens with zero attached hydrogens (tertiary/aromatic N) is 2. The van der Waals surface area contributed by atoms with Crippen molar-refractivity contribution in [3.8, 4) is 0 Å². The second-order valence-corrected chi connectivity index (χ2v) is 8.84. The minimum Gasteiger partial charge on any atom is -0.317 e. The molecule has 0 saturated heterocycles. The SMILES string of the molecule is CCn1c(=NC(=O)c2cccc(S(C)(=O)=O)c2)sc2cc(C)ccc21. The summed E-state index contributed by atoms with van der Waals surface area (Å²) in [7, 11) is -3.37. The number of aromatic nitrogens is 1. The highest BCUT2D eigenvalue weighted by Gasteiger charge is 2.12. The van der Waals surface area contributed by atoms with Crippen molar-refractivity contribution in [3.63, 3.8) is 0 Å². The van der Waals surface area contributed by atoms with Gasteiger partial charge in [0, 0.05) is 18.4 Å². The highest BCUT2D eigenvalue weighted by molar-refractivity contribution is 7.90. The Bertz CT molecular complexity index is 1140. The molecule has 1 heterocycles. The first-order valence-electron chi connectivity index (χ1n) is 7.79. The van der Waals surface area contributed by atoms with Crippen LogP contribution in [0.4, 0.5) is 0 Å². The molecule has 0 N–H and O–H groups in total. The summed E-state index contributed by atoms with van der Waals surface area (Å²) in [4.78, 5) is 17.5. The lowest BCUT2D eigenvalue weighted by atomic mass is 10.2. The van der Waals surface area contributed by atoms with Crippen molar-refractivity contribution in [1.82, 2.24) is 4.57 Å². The van der Waals surface area contributed by atoms with Crippen molar-refractivity contribution in [1.29, 1.82) is 0 Å². The molecule has 0 fully saturated rings. The second kappa shape index (κ2) is 6.57. The zero-order chi connectivity index (χ0) is 18.2. The molecule has 3 rings (SSSR count). The molecule has 0 spiro atoms. The number of benzene rings is 2. The number of fused-ring (bicyclic) bond motifs is 1. The fourth-order valence-electron chi connectivity index (χ4n) is 2.58. The molecular weight excluding hydrogens is 356 g/mol. The van der Waals surface area contributed by atoms with E-state index in [1.165, 1.54) is 23.5 Å². The van der Waals surface area contributed by atoms with Crippen LogP contribution in [-0.2, 0) is 16.4 Å².